The minimum atomic E-state index is -1.50. The number of fused-ring (bicyclic) bond motifs is 1. The standard InChI is InChI=1S/C37H30Cl2FN9O4/c1-20(50)31(33(52)47-37(10-11-37)28-5-3-4-12-42-28)46-32(51)27-19-45-35-48(24-13-25(38)30(40)26(39)14-24)34(53)36(2,49(27)35)15-21-6-8-22(9-7-21)23-17-43-29(16-41)44-18-23/h3-9,12-14,17-20,31,50H,10-11,15H2,1-2H3,(H,46,51)(H,47,52)/t20-,31+,36+/m0/s1. The number of halogens is 3. The number of imidazole rings is 1. The number of carbonyl (C=O) groups is 3. The molecule has 2 aromatic carbocycles. The van der Waals surface area contributed by atoms with Crippen LogP contribution in [0.5, 0.6) is 0 Å². The van der Waals surface area contributed by atoms with Crippen molar-refractivity contribution in [2.24, 2.45) is 0 Å². The van der Waals surface area contributed by atoms with Gasteiger partial charge in [0.1, 0.15) is 23.3 Å². The third kappa shape index (κ3) is 6.48. The lowest BCUT2D eigenvalue weighted by atomic mass is 9.90. The number of carbonyl (C=O) groups excluding carboxylic acids is 3. The van der Waals surface area contributed by atoms with E-state index < -0.39 is 46.8 Å². The van der Waals surface area contributed by atoms with E-state index in [4.69, 9.17) is 28.5 Å². The van der Waals surface area contributed by atoms with Gasteiger partial charge in [-0.2, -0.15) is 5.26 Å². The summed E-state index contributed by atoms with van der Waals surface area (Å²) in [6, 6.07) is 15.6. The molecule has 53 heavy (non-hydrogen) atoms. The van der Waals surface area contributed by atoms with Crippen molar-refractivity contribution >= 4 is 52.6 Å². The van der Waals surface area contributed by atoms with Gasteiger partial charge in [-0.15, -0.1) is 0 Å². The van der Waals surface area contributed by atoms with Crippen molar-refractivity contribution in [3.05, 3.63) is 118 Å². The molecule has 0 spiro atoms. The summed E-state index contributed by atoms with van der Waals surface area (Å²) in [6.45, 7) is 3.02. The van der Waals surface area contributed by atoms with Crippen LogP contribution in [0.25, 0.3) is 11.1 Å². The van der Waals surface area contributed by atoms with Crippen molar-refractivity contribution < 1.29 is 23.9 Å². The second-order valence-corrected chi connectivity index (χ2v) is 14.0. The molecule has 3 N–H and O–H groups in total. The molecule has 3 amide bonds. The van der Waals surface area contributed by atoms with Gasteiger partial charge < -0.3 is 15.7 Å². The molecule has 0 saturated heterocycles. The molecule has 4 heterocycles. The number of nitrogens with one attached hydrogen (secondary N) is 2. The second-order valence-electron chi connectivity index (χ2n) is 13.2. The molecule has 3 aromatic heterocycles. The maximum atomic E-state index is 14.5. The second kappa shape index (κ2) is 13.7. The predicted octanol–water partition coefficient (Wildman–Crippen LogP) is 4.97. The highest BCUT2D eigenvalue weighted by atomic mass is 35.5. The van der Waals surface area contributed by atoms with Gasteiger partial charge in [0, 0.05) is 30.6 Å². The van der Waals surface area contributed by atoms with Crippen LogP contribution in [-0.2, 0) is 27.1 Å². The quantitative estimate of drug-likeness (QED) is 0.166. The number of aliphatic hydroxyl groups excluding tert-OH is 1. The minimum Gasteiger partial charge on any atom is -0.391 e. The molecule has 0 radical (unpaired) electrons. The van der Waals surface area contributed by atoms with Crippen LogP contribution >= 0.6 is 23.2 Å². The average Bonchev–Trinajstić information content (AvgIpc) is 3.74. The van der Waals surface area contributed by atoms with Gasteiger partial charge in [-0.1, -0.05) is 53.5 Å². The monoisotopic (exact) mass is 753 g/mol. The Morgan fingerprint density at radius 1 is 1.02 bits per heavy atom. The molecule has 1 fully saturated rings. The summed E-state index contributed by atoms with van der Waals surface area (Å²) in [6.07, 6.45) is 6.00. The van der Waals surface area contributed by atoms with Crippen molar-refractivity contribution in [3.63, 3.8) is 0 Å². The van der Waals surface area contributed by atoms with E-state index in [0.29, 0.717) is 29.7 Å². The molecular formula is C37H30Cl2FN9O4. The van der Waals surface area contributed by atoms with Crippen molar-refractivity contribution in [3.8, 4) is 17.2 Å². The maximum Gasteiger partial charge on any atom is 0.270 e. The molecule has 3 atom stereocenters. The number of hydrogen-bond donors (Lipinski definition) is 3. The number of nitriles is 1. The third-order valence-electron chi connectivity index (χ3n) is 9.47. The SMILES string of the molecule is C[C@H](O)[C@@H](NC(=O)c1cnc2n1[C@](C)(Cc1ccc(-c3cnc(C#N)nc3)cc1)C(=O)N2c1cc(Cl)c(F)c(Cl)c1)C(=O)NC1(c2ccccn2)CC1. The normalized spacial score (nSPS) is 18.1. The van der Waals surface area contributed by atoms with Gasteiger partial charge in [0.25, 0.3) is 11.8 Å². The maximum absolute atomic E-state index is 14.5. The van der Waals surface area contributed by atoms with E-state index in [9.17, 15) is 23.9 Å². The fourth-order valence-electron chi connectivity index (χ4n) is 6.53. The first-order chi connectivity index (χ1) is 25.3. The number of pyridine rings is 1. The van der Waals surface area contributed by atoms with Crippen molar-refractivity contribution in [2.75, 3.05) is 4.90 Å². The van der Waals surface area contributed by atoms with Crippen molar-refractivity contribution in [1.82, 2.24) is 35.1 Å². The molecule has 5 aromatic rings. The zero-order valence-corrected chi connectivity index (χ0v) is 29.7. The van der Waals surface area contributed by atoms with E-state index >= 15 is 0 Å². The number of benzene rings is 2. The smallest absolute Gasteiger partial charge is 0.270 e. The fraction of sp³-hybridized carbons (Fsp3) is 0.243. The van der Waals surface area contributed by atoms with E-state index in [1.807, 2.05) is 24.3 Å². The Kier molecular flexibility index (Phi) is 9.19. The van der Waals surface area contributed by atoms with Crippen LogP contribution in [0.4, 0.5) is 16.0 Å². The Labute approximate surface area is 312 Å². The number of aromatic nitrogens is 5. The molecule has 0 bridgehead atoms. The van der Waals surface area contributed by atoms with E-state index in [2.05, 4.69) is 30.6 Å². The third-order valence-corrected chi connectivity index (χ3v) is 10.0. The fourth-order valence-corrected chi connectivity index (χ4v) is 7.01. The summed E-state index contributed by atoms with van der Waals surface area (Å²) in [5.41, 5.74) is 0.656. The van der Waals surface area contributed by atoms with E-state index in [-0.39, 0.29) is 39.6 Å². The first-order valence-electron chi connectivity index (χ1n) is 16.5. The number of anilines is 2. The number of hydrogen-bond acceptors (Lipinski definition) is 9. The highest BCUT2D eigenvalue weighted by molar-refractivity contribution is 6.35. The van der Waals surface area contributed by atoms with Crippen LogP contribution in [-0.4, -0.2) is 59.5 Å². The molecule has 1 aliphatic heterocycles. The van der Waals surface area contributed by atoms with Gasteiger partial charge in [0.15, 0.2) is 5.82 Å². The molecule has 2 aliphatic rings. The highest BCUT2D eigenvalue weighted by Crippen LogP contribution is 2.45. The molecule has 1 aliphatic carbocycles. The molecule has 7 rings (SSSR count). The van der Waals surface area contributed by atoms with Crippen LogP contribution in [0.1, 0.15) is 54.3 Å². The molecule has 13 nitrogen and oxygen atoms in total. The van der Waals surface area contributed by atoms with E-state index in [1.165, 1.54) is 47.1 Å². The molecule has 0 unspecified atom stereocenters. The first kappa shape index (κ1) is 35.6. The van der Waals surface area contributed by atoms with E-state index in [0.717, 1.165) is 5.56 Å². The number of nitrogens with zero attached hydrogens (tertiary/aromatic N) is 7. The largest absolute Gasteiger partial charge is 0.391 e. The Bertz CT molecular complexity index is 2270. The number of amides is 3. The van der Waals surface area contributed by atoms with Gasteiger partial charge in [-0.25, -0.2) is 24.2 Å². The highest BCUT2D eigenvalue weighted by Gasteiger charge is 2.52. The first-order valence-corrected chi connectivity index (χ1v) is 17.2. The summed E-state index contributed by atoms with van der Waals surface area (Å²) in [5, 5.41) is 24.7. The average molecular weight is 755 g/mol. The van der Waals surface area contributed by atoms with Crippen LogP contribution in [0, 0.1) is 17.1 Å². The summed E-state index contributed by atoms with van der Waals surface area (Å²) in [5.74, 6) is -2.70. The summed E-state index contributed by atoms with van der Waals surface area (Å²) in [7, 11) is 0. The minimum absolute atomic E-state index is 0.0258. The lowest BCUT2D eigenvalue weighted by Crippen LogP contribution is -2.55. The van der Waals surface area contributed by atoms with Crippen molar-refractivity contribution in [2.45, 2.75) is 56.3 Å². The van der Waals surface area contributed by atoms with Crippen LogP contribution in [0.15, 0.2) is 79.4 Å². The molecular weight excluding hydrogens is 724 g/mol. The number of rotatable bonds is 10. The lowest BCUT2D eigenvalue weighted by molar-refractivity contribution is -0.126. The summed E-state index contributed by atoms with van der Waals surface area (Å²) in [4.78, 5) is 60.3. The van der Waals surface area contributed by atoms with Crippen LogP contribution in [0.3, 0.4) is 0 Å². The predicted molar refractivity (Wildman–Crippen MR) is 192 cm³/mol. The van der Waals surface area contributed by atoms with E-state index in [1.54, 1.807) is 37.4 Å². The Balaban J connectivity index is 1.22. The van der Waals surface area contributed by atoms with Gasteiger partial charge in [0.05, 0.1) is 39.3 Å². The molecule has 268 valence electrons. The summed E-state index contributed by atoms with van der Waals surface area (Å²) >= 11 is 12.3. The lowest BCUT2D eigenvalue weighted by Gasteiger charge is -2.28. The Hall–Kier alpha value is -5.75. The van der Waals surface area contributed by atoms with Crippen LogP contribution < -0.4 is 15.5 Å². The van der Waals surface area contributed by atoms with Crippen LogP contribution in [0.2, 0.25) is 10.0 Å². The van der Waals surface area contributed by atoms with Gasteiger partial charge in [0.2, 0.25) is 17.7 Å². The summed E-state index contributed by atoms with van der Waals surface area (Å²) < 4.78 is 15.9. The topological polar surface area (TPSA) is 179 Å². The van der Waals surface area contributed by atoms with Crippen molar-refractivity contribution in [1.29, 1.82) is 5.26 Å². The van der Waals surface area contributed by atoms with Gasteiger partial charge >= 0.3 is 0 Å². The zero-order chi connectivity index (χ0) is 37.7. The van der Waals surface area contributed by atoms with Gasteiger partial charge in [-0.3, -0.25) is 23.9 Å². The molecule has 1 saturated carbocycles. The Morgan fingerprint density at radius 3 is 2.28 bits per heavy atom. The Morgan fingerprint density at radius 2 is 1.70 bits per heavy atom. The zero-order valence-electron chi connectivity index (χ0n) is 28.2. The van der Waals surface area contributed by atoms with Gasteiger partial charge in [-0.05, 0) is 62.1 Å². The molecule has 16 heteroatoms. The number of aliphatic hydroxyl groups is 1.